The zero-order valence-electron chi connectivity index (χ0n) is 11.3. The average Bonchev–Trinajstić information content (AvgIpc) is 2.44. The molecule has 0 radical (unpaired) electrons. The summed E-state index contributed by atoms with van der Waals surface area (Å²) in [6, 6.07) is 8.68. The SMILES string of the molecule is C#CCNC(=O)C(C)NC1CCc2ccccc2C1. The second kappa shape index (κ2) is 6.40. The van der Waals surface area contributed by atoms with E-state index in [0.29, 0.717) is 12.6 Å². The molecule has 0 aromatic heterocycles. The third-order valence-corrected chi connectivity index (χ3v) is 3.59. The molecule has 3 heteroatoms. The highest BCUT2D eigenvalue weighted by atomic mass is 16.2. The second-order valence-corrected chi connectivity index (χ2v) is 5.02. The van der Waals surface area contributed by atoms with Crippen LogP contribution in [0.15, 0.2) is 24.3 Å². The summed E-state index contributed by atoms with van der Waals surface area (Å²) in [4.78, 5) is 11.8. The number of rotatable bonds is 4. The fourth-order valence-electron chi connectivity index (χ4n) is 2.56. The first-order chi connectivity index (χ1) is 9.20. The van der Waals surface area contributed by atoms with Crippen LogP contribution in [0.5, 0.6) is 0 Å². The highest BCUT2D eigenvalue weighted by Gasteiger charge is 2.21. The van der Waals surface area contributed by atoms with Crippen molar-refractivity contribution in [2.75, 3.05) is 6.54 Å². The number of hydrogen-bond acceptors (Lipinski definition) is 2. The van der Waals surface area contributed by atoms with Crippen LogP contribution in [0, 0.1) is 12.3 Å². The monoisotopic (exact) mass is 256 g/mol. The molecule has 1 aliphatic rings. The number of nitrogens with one attached hydrogen (secondary N) is 2. The maximum absolute atomic E-state index is 11.8. The minimum atomic E-state index is -0.205. The van der Waals surface area contributed by atoms with Crippen LogP contribution in [0.3, 0.4) is 0 Å². The summed E-state index contributed by atoms with van der Waals surface area (Å²) < 4.78 is 0. The highest BCUT2D eigenvalue weighted by molar-refractivity contribution is 5.81. The molecular weight excluding hydrogens is 236 g/mol. The van der Waals surface area contributed by atoms with Crippen molar-refractivity contribution in [1.29, 1.82) is 0 Å². The molecule has 2 rings (SSSR count). The lowest BCUT2D eigenvalue weighted by Gasteiger charge is -2.28. The molecule has 2 unspecified atom stereocenters. The second-order valence-electron chi connectivity index (χ2n) is 5.02. The molecule has 2 atom stereocenters. The maximum atomic E-state index is 11.8. The van der Waals surface area contributed by atoms with Crippen LogP contribution >= 0.6 is 0 Å². The number of hydrogen-bond donors (Lipinski definition) is 2. The highest BCUT2D eigenvalue weighted by Crippen LogP contribution is 2.21. The van der Waals surface area contributed by atoms with Crippen LogP contribution in [0.2, 0.25) is 0 Å². The van der Waals surface area contributed by atoms with Crippen molar-refractivity contribution < 1.29 is 4.79 Å². The van der Waals surface area contributed by atoms with Gasteiger partial charge in [0.25, 0.3) is 0 Å². The summed E-state index contributed by atoms with van der Waals surface area (Å²) in [5.41, 5.74) is 2.83. The van der Waals surface area contributed by atoms with Crippen molar-refractivity contribution in [3.05, 3.63) is 35.4 Å². The molecule has 3 nitrogen and oxygen atoms in total. The van der Waals surface area contributed by atoms with Gasteiger partial charge in [0.1, 0.15) is 0 Å². The molecule has 0 spiro atoms. The third kappa shape index (κ3) is 3.59. The number of carbonyl (C=O) groups is 1. The molecule has 19 heavy (non-hydrogen) atoms. The number of carbonyl (C=O) groups excluding carboxylic acids is 1. The lowest BCUT2D eigenvalue weighted by atomic mass is 9.88. The molecule has 0 aliphatic heterocycles. The number of terminal acetylenes is 1. The summed E-state index contributed by atoms with van der Waals surface area (Å²) in [6.45, 7) is 2.17. The predicted octanol–water partition coefficient (Wildman–Crippen LogP) is 1.27. The molecule has 0 saturated heterocycles. The van der Waals surface area contributed by atoms with Gasteiger partial charge < -0.3 is 10.6 Å². The third-order valence-electron chi connectivity index (χ3n) is 3.59. The Morgan fingerprint density at radius 1 is 1.47 bits per heavy atom. The first kappa shape index (κ1) is 13.6. The van der Waals surface area contributed by atoms with Gasteiger partial charge in [-0.2, -0.15) is 0 Å². The molecule has 1 aromatic carbocycles. The summed E-state index contributed by atoms with van der Waals surface area (Å²) in [6.07, 6.45) is 8.27. The standard InChI is InChI=1S/C16H20N2O/c1-3-10-17-16(19)12(2)18-15-9-8-13-6-4-5-7-14(13)11-15/h1,4-7,12,15,18H,8-11H2,2H3,(H,17,19). The van der Waals surface area contributed by atoms with Gasteiger partial charge in [-0.1, -0.05) is 30.2 Å². The van der Waals surface area contributed by atoms with E-state index in [0.717, 1.165) is 19.3 Å². The molecule has 0 saturated carbocycles. The van der Waals surface area contributed by atoms with E-state index in [1.54, 1.807) is 0 Å². The van der Waals surface area contributed by atoms with Crippen molar-refractivity contribution >= 4 is 5.91 Å². The van der Waals surface area contributed by atoms with E-state index in [1.807, 2.05) is 6.92 Å². The van der Waals surface area contributed by atoms with Crippen LogP contribution in [-0.2, 0) is 17.6 Å². The molecule has 0 heterocycles. The topological polar surface area (TPSA) is 41.1 Å². The van der Waals surface area contributed by atoms with Crippen LogP contribution < -0.4 is 10.6 Å². The first-order valence-corrected chi connectivity index (χ1v) is 6.74. The molecule has 0 bridgehead atoms. The molecule has 1 aliphatic carbocycles. The van der Waals surface area contributed by atoms with Gasteiger partial charge in [0, 0.05) is 6.04 Å². The van der Waals surface area contributed by atoms with Crippen molar-refractivity contribution in [2.45, 2.75) is 38.3 Å². The first-order valence-electron chi connectivity index (χ1n) is 6.74. The Bertz CT molecular complexity index is 490. The van der Waals surface area contributed by atoms with E-state index >= 15 is 0 Å². The van der Waals surface area contributed by atoms with Gasteiger partial charge in [-0.3, -0.25) is 4.79 Å². The van der Waals surface area contributed by atoms with Crippen LogP contribution in [0.1, 0.15) is 24.5 Å². The fourth-order valence-corrected chi connectivity index (χ4v) is 2.56. The van der Waals surface area contributed by atoms with Gasteiger partial charge in [-0.25, -0.2) is 0 Å². The quantitative estimate of drug-likeness (QED) is 0.797. The van der Waals surface area contributed by atoms with Gasteiger partial charge in [-0.05, 0) is 37.3 Å². The Balaban J connectivity index is 1.88. The minimum absolute atomic E-state index is 0.0307. The zero-order chi connectivity index (χ0) is 13.7. The summed E-state index contributed by atoms with van der Waals surface area (Å²) >= 11 is 0. The van der Waals surface area contributed by atoms with Crippen molar-refractivity contribution in [3.8, 4) is 12.3 Å². The van der Waals surface area contributed by atoms with E-state index < -0.39 is 0 Å². The zero-order valence-corrected chi connectivity index (χ0v) is 11.3. The largest absolute Gasteiger partial charge is 0.344 e. The molecule has 1 amide bonds. The molecule has 100 valence electrons. The van der Waals surface area contributed by atoms with E-state index in [-0.39, 0.29) is 11.9 Å². The molecular formula is C16H20N2O. The van der Waals surface area contributed by atoms with E-state index in [4.69, 9.17) is 6.42 Å². The van der Waals surface area contributed by atoms with Gasteiger partial charge in [0.2, 0.25) is 5.91 Å². The van der Waals surface area contributed by atoms with Crippen molar-refractivity contribution in [1.82, 2.24) is 10.6 Å². The minimum Gasteiger partial charge on any atom is -0.344 e. The van der Waals surface area contributed by atoms with Gasteiger partial charge in [-0.15, -0.1) is 6.42 Å². The molecule has 0 fully saturated rings. The van der Waals surface area contributed by atoms with E-state index in [2.05, 4.69) is 40.8 Å². The molecule has 1 aromatic rings. The summed E-state index contributed by atoms with van der Waals surface area (Å²) in [5.74, 6) is 2.38. The van der Waals surface area contributed by atoms with Gasteiger partial charge >= 0.3 is 0 Å². The Kier molecular flexibility index (Phi) is 4.59. The summed E-state index contributed by atoms with van der Waals surface area (Å²) in [5, 5.41) is 6.09. The lowest BCUT2D eigenvalue weighted by Crippen LogP contribution is -2.48. The van der Waals surface area contributed by atoms with E-state index in [9.17, 15) is 4.79 Å². The fraction of sp³-hybridized carbons (Fsp3) is 0.438. The average molecular weight is 256 g/mol. The van der Waals surface area contributed by atoms with Crippen LogP contribution in [0.4, 0.5) is 0 Å². The predicted molar refractivity (Wildman–Crippen MR) is 76.7 cm³/mol. The van der Waals surface area contributed by atoms with Crippen molar-refractivity contribution in [2.24, 2.45) is 0 Å². The Hall–Kier alpha value is -1.79. The van der Waals surface area contributed by atoms with E-state index in [1.165, 1.54) is 11.1 Å². The molecule has 2 N–H and O–H groups in total. The Morgan fingerprint density at radius 3 is 2.95 bits per heavy atom. The van der Waals surface area contributed by atoms with Gasteiger partial charge in [0.15, 0.2) is 0 Å². The smallest absolute Gasteiger partial charge is 0.237 e. The number of fused-ring (bicyclic) bond motifs is 1. The lowest BCUT2D eigenvalue weighted by molar-refractivity contribution is -0.122. The number of aryl methyl sites for hydroxylation is 1. The van der Waals surface area contributed by atoms with Crippen molar-refractivity contribution in [3.63, 3.8) is 0 Å². The number of benzene rings is 1. The summed E-state index contributed by atoms with van der Waals surface area (Å²) in [7, 11) is 0. The Labute approximate surface area is 114 Å². The van der Waals surface area contributed by atoms with Crippen LogP contribution in [0.25, 0.3) is 0 Å². The normalized spacial score (nSPS) is 19.1. The van der Waals surface area contributed by atoms with Crippen LogP contribution in [-0.4, -0.2) is 24.5 Å². The van der Waals surface area contributed by atoms with Gasteiger partial charge in [0.05, 0.1) is 12.6 Å². The number of amides is 1. The Morgan fingerprint density at radius 2 is 2.21 bits per heavy atom. The maximum Gasteiger partial charge on any atom is 0.237 e.